The van der Waals surface area contributed by atoms with Crippen LogP contribution in [0.4, 0.5) is 4.39 Å². The van der Waals surface area contributed by atoms with Gasteiger partial charge in [0.25, 0.3) is 0 Å². The number of carbonyl (C=O) groups excluding carboxylic acids is 1. The third kappa shape index (κ3) is 4.81. The number of hydrogen-bond acceptors (Lipinski definition) is 3. The molecule has 2 aromatic carbocycles. The van der Waals surface area contributed by atoms with Gasteiger partial charge in [-0.3, -0.25) is 9.36 Å². The number of fused-ring (bicyclic) bond motifs is 1. The predicted molar refractivity (Wildman–Crippen MR) is 110 cm³/mol. The first kappa shape index (κ1) is 21.0. The molecule has 28 heavy (non-hydrogen) atoms. The summed E-state index contributed by atoms with van der Waals surface area (Å²) in [6.07, 6.45) is 2.55. The summed E-state index contributed by atoms with van der Waals surface area (Å²) in [7, 11) is -4.83. The van der Waals surface area contributed by atoms with Crippen molar-refractivity contribution in [1.29, 1.82) is 0 Å². The summed E-state index contributed by atoms with van der Waals surface area (Å²) in [5.41, 5.74) is -1.14. The van der Waals surface area contributed by atoms with Crippen molar-refractivity contribution in [2.24, 2.45) is 0 Å². The maximum atomic E-state index is 13.3. The fourth-order valence-electron chi connectivity index (χ4n) is 2.68. The molecule has 0 fully saturated rings. The van der Waals surface area contributed by atoms with Crippen molar-refractivity contribution < 1.29 is 23.5 Å². The van der Waals surface area contributed by atoms with Gasteiger partial charge in [0.1, 0.15) is 5.82 Å². The summed E-state index contributed by atoms with van der Waals surface area (Å²) >= 11 is 13.0. The number of rotatable bonds is 5. The molecule has 3 aromatic rings. The van der Waals surface area contributed by atoms with E-state index >= 15 is 0 Å². The maximum absolute atomic E-state index is 13.3. The molecule has 1 heterocycles. The first-order chi connectivity index (χ1) is 13.1. The molecule has 1 atom stereocenters. The first-order valence-electron chi connectivity index (χ1n) is 7.80. The average Bonchev–Trinajstić information content (AvgIpc) is 2.95. The van der Waals surface area contributed by atoms with E-state index in [1.165, 1.54) is 41.1 Å². The van der Waals surface area contributed by atoms with Crippen LogP contribution in [0.2, 0.25) is 10.0 Å². The fraction of sp³-hybridized carbons (Fsp3) is 0.0556. The molecule has 0 spiro atoms. The van der Waals surface area contributed by atoms with Gasteiger partial charge in [0, 0.05) is 20.9 Å². The zero-order chi connectivity index (χ0) is 20.5. The van der Waals surface area contributed by atoms with Gasteiger partial charge in [-0.05, 0) is 64.4 Å². The molecule has 3 rings (SSSR count). The Labute approximate surface area is 173 Å². The minimum Gasteiger partial charge on any atom is -0.332 e. The number of nitrogens with one attached hydrogen (secondary N) is 1. The SMILES string of the molecule is O=C(NC=Cc1cc(F)cc(Cl)c1)C(c1csc2ccc(Cl)cc12)P(=O)(O)O. The Hall–Kier alpha value is -1.73. The molecule has 3 N–H and O–H groups in total. The number of benzene rings is 2. The summed E-state index contributed by atoms with van der Waals surface area (Å²) in [5.74, 6) is -1.44. The van der Waals surface area contributed by atoms with Crippen LogP contribution in [0, 0.1) is 5.82 Å². The van der Waals surface area contributed by atoms with Gasteiger partial charge in [-0.25, -0.2) is 4.39 Å². The third-order valence-corrected chi connectivity index (χ3v) is 6.45. The Bertz CT molecular complexity index is 1110. The first-order valence-corrected chi connectivity index (χ1v) is 11.1. The molecular formula is C18H13Cl2FNO4PS. The van der Waals surface area contributed by atoms with Crippen molar-refractivity contribution in [1.82, 2.24) is 5.32 Å². The Balaban J connectivity index is 1.89. The van der Waals surface area contributed by atoms with Gasteiger partial charge in [0.15, 0.2) is 5.66 Å². The zero-order valence-corrected chi connectivity index (χ0v) is 17.2. The highest BCUT2D eigenvalue weighted by molar-refractivity contribution is 7.53. The van der Waals surface area contributed by atoms with Gasteiger partial charge in [-0.2, -0.15) is 0 Å². The van der Waals surface area contributed by atoms with Crippen LogP contribution >= 0.6 is 42.1 Å². The van der Waals surface area contributed by atoms with Gasteiger partial charge in [0.2, 0.25) is 5.91 Å². The van der Waals surface area contributed by atoms with Crippen molar-refractivity contribution >= 4 is 64.2 Å². The van der Waals surface area contributed by atoms with Crippen molar-refractivity contribution in [3.8, 4) is 0 Å². The third-order valence-electron chi connectivity index (χ3n) is 3.83. The topological polar surface area (TPSA) is 86.6 Å². The summed E-state index contributed by atoms with van der Waals surface area (Å²) in [6, 6.07) is 8.74. The van der Waals surface area contributed by atoms with E-state index in [1.807, 2.05) is 0 Å². The summed E-state index contributed by atoms with van der Waals surface area (Å²) in [4.78, 5) is 32.1. The highest BCUT2D eigenvalue weighted by atomic mass is 35.5. The Kier molecular flexibility index (Phi) is 6.25. The molecule has 1 unspecified atom stereocenters. The number of carbonyl (C=O) groups is 1. The lowest BCUT2D eigenvalue weighted by atomic mass is 10.1. The molecule has 0 radical (unpaired) electrons. The van der Waals surface area contributed by atoms with Crippen molar-refractivity contribution in [2.45, 2.75) is 5.66 Å². The van der Waals surface area contributed by atoms with Gasteiger partial charge >= 0.3 is 7.60 Å². The number of thiophene rings is 1. The zero-order valence-electron chi connectivity index (χ0n) is 14.0. The molecule has 0 aliphatic carbocycles. The van der Waals surface area contributed by atoms with E-state index < -0.39 is 25.0 Å². The number of hydrogen-bond donors (Lipinski definition) is 3. The normalized spacial score (nSPS) is 13.2. The second kappa shape index (κ2) is 8.33. The fourth-order valence-corrected chi connectivity index (χ4v) is 5.10. The van der Waals surface area contributed by atoms with Gasteiger partial charge in [-0.1, -0.05) is 23.2 Å². The summed E-state index contributed by atoms with van der Waals surface area (Å²) in [6.45, 7) is 0. The van der Waals surface area contributed by atoms with Crippen molar-refractivity contribution in [3.05, 3.63) is 75.0 Å². The smallest absolute Gasteiger partial charge is 0.332 e. The minimum absolute atomic E-state index is 0.181. The molecule has 146 valence electrons. The van der Waals surface area contributed by atoms with E-state index in [4.69, 9.17) is 23.2 Å². The molecule has 0 saturated carbocycles. The summed E-state index contributed by atoms with van der Waals surface area (Å²) < 4.78 is 26.1. The quantitative estimate of drug-likeness (QED) is 0.448. The molecule has 0 bridgehead atoms. The number of halogens is 3. The molecule has 1 amide bonds. The van der Waals surface area contributed by atoms with Crippen LogP contribution in [0.3, 0.4) is 0 Å². The highest BCUT2D eigenvalue weighted by Crippen LogP contribution is 2.54. The largest absolute Gasteiger partial charge is 0.342 e. The molecule has 1 aromatic heterocycles. The maximum Gasteiger partial charge on any atom is 0.342 e. The Morgan fingerprint density at radius 1 is 1.18 bits per heavy atom. The minimum atomic E-state index is -4.83. The van der Waals surface area contributed by atoms with Crippen LogP contribution in [-0.4, -0.2) is 15.7 Å². The van der Waals surface area contributed by atoms with E-state index in [0.29, 0.717) is 16.0 Å². The monoisotopic (exact) mass is 459 g/mol. The lowest BCUT2D eigenvalue weighted by Crippen LogP contribution is -2.25. The predicted octanol–water partition coefficient (Wildman–Crippen LogP) is 5.35. The standard InChI is InChI=1S/C18H13Cl2FNO4PS/c19-11-1-2-16-14(8-11)15(9-28-16)17(27(24,25)26)18(23)22-4-3-10-5-12(20)7-13(21)6-10/h1-9,17H,(H,22,23)(H2,24,25,26). The lowest BCUT2D eigenvalue weighted by molar-refractivity contribution is -0.120. The average molecular weight is 460 g/mol. The molecule has 0 saturated heterocycles. The summed E-state index contributed by atoms with van der Waals surface area (Å²) in [5, 5.41) is 4.94. The van der Waals surface area contributed by atoms with Gasteiger partial charge in [-0.15, -0.1) is 11.3 Å². The van der Waals surface area contributed by atoms with E-state index in [-0.39, 0.29) is 10.6 Å². The molecule has 5 nitrogen and oxygen atoms in total. The van der Waals surface area contributed by atoms with Crippen molar-refractivity contribution in [3.63, 3.8) is 0 Å². The van der Waals surface area contributed by atoms with E-state index in [2.05, 4.69) is 5.32 Å². The van der Waals surface area contributed by atoms with Gasteiger partial charge in [0.05, 0.1) is 0 Å². The molecular weight excluding hydrogens is 447 g/mol. The van der Waals surface area contributed by atoms with Crippen LogP contribution in [0.1, 0.15) is 16.8 Å². The second-order valence-corrected chi connectivity index (χ2v) is 9.35. The van der Waals surface area contributed by atoms with Crippen LogP contribution in [-0.2, 0) is 9.36 Å². The van der Waals surface area contributed by atoms with E-state index in [9.17, 15) is 23.5 Å². The second-order valence-electron chi connectivity index (χ2n) is 5.87. The van der Waals surface area contributed by atoms with Crippen LogP contribution < -0.4 is 5.32 Å². The van der Waals surface area contributed by atoms with Crippen LogP contribution in [0.5, 0.6) is 0 Å². The van der Waals surface area contributed by atoms with E-state index in [1.54, 1.807) is 18.2 Å². The molecule has 0 aliphatic rings. The Morgan fingerprint density at radius 2 is 1.93 bits per heavy atom. The van der Waals surface area contributed by atoms with Crippen molar-refractivity contribution in [2.75, 3.05) is 0 Å². The van der Waals surface area contributed by atoms with Crippen LogP contribution in [0.15, 0.2) is 48.0 Å². The van der Waals surface area contributed by atoms with Crippen LogP contribution in [0.25, 0.3) is 16.2 Å². The van der Waals surface area contributed by atoms with Gasteiger partial charge < -0.3 is 15.1 Å². The Morgan fingerprint density at radius 3 is 2.61 bits per heavy atom. The molecule has 10 heteroatoms. The number of amides is 1. The lowest BCUT2D eigenvalue weighted by Gasteiger charge is -2.16. The van der Waals surface area contributed by atoms with E-state index in [0.717, 1.165) is 10.8 Å². The highest BCUT2D eigenvalue weighted by Gasteiger charge is 2.38. The molecule has 0 aliphatic heterocycles.